The molecule has 0 aliphatic heterocycles. The first-order valence-electron chi connectivity index (χ1n) is 12.2. The molecule has 1 aromatic rings. The number of rotatable bonds is 2. The molecule has 0 radical (unpaired) electrons. The molecule has 0 amide bonds. The molecule has 1 heterocycles. The first-order chi connectivity index (χ1) is 14.3. The number of allylic oxidation sites excluding steroid dienone is 1. The van der Waals surface area contributed by atoms with E-state index in [-0.39, 0.29) is 11.5 Å². The van der Waals surface area contributed by atoms with Crippen LogP contribution in [-0.2, 0) is 11.3 Å². The number of aryl methyl sites for hydroxylation is 2. The van der Waals surface area contributed by atoms with Crippen LogP contribution in [-0.4, -0.2) is 26.8 Å². The van der Waals surface area contributed by atoms with E-state index >= 15 is 0 Å². The number of Topliss-reactive ketones (excluding diaryl/α,β-unsaturated/α-hetero) is 1. The number of nitrogens with zero attached hydrogens (tertiary/aromatic N) is 2. The molecule has 5 rings (SSSR count). The number of carbonyl (C=O) groups excluding carboxylic acids is 1. The van der Waals surface area contributed by atoms with Crippen molar-refractivity contribution >= 4 is 11.9 Å². The van der Waals surface area contributed by atoms with Crippen LogP contribution in [0.4, 0.5) is 0 Å². The Hall–Kier alpha value is -1.42. The van der Waals surface area contributed by atoms with E-state index < -0.39 is 0 Å². The molecule has 1 N–H and O–H groups in total. The van der Waals surface area contributed by atoms with Gasteiger partial charge < -0.3 is 5.11 Å². The summed E-state index contributed by atoms with van der Waals surface area (Å²) in [5, 5.41) is 14.8. The van der Waals surface area contributed by atoms with Crippen molar-refractivity contribution in [3.05, 3.63) is 23.0 Å². The zero-order valence-corrected chi connectivity index (χ0v) is 19.2. The third kappa shape index (κ3) is 2.89. The summed E-state index contributed by atoms with van der Waals surface area (Å²) in [5.41, 5.74) is 3.34. The van der Waals surface area contributed by atoms with Crippen molar-refractivity contribution in [3.63, 3.8) is 0 Å². The number of hydrogen-bond donors (Lipinski definition) is 1. The Bertz CT molecular complexity index is 886. The number of aromatic nitrogens is 2. The fourth-order valence-electron chi connectivity index (χ4n) is 8.06. The molecule has 30 heavy (non-hydrogen) atoms. The van der Waals surface area contributed by atoms with Gasteiger partial charge in [-0.3, -0.25) is 9.48 Å². The van der Waals surface area contributed by atoms with Gasteiger partial charge in [0.1, 0.15) is 0 Å². The maximum Gasteiger partial charge on any atom is 0.165 e. The molecule has 0 unspecified atom stereocenters. The Morgan fingerprint density at radius 2 is 2.00 bits per heavy atom. The second kappa shape index (κ2) is 7.05. The molecule has 4 aliphatic carbocycles. The summed E-state index contributed by atoms with van der Waals surface area (Å²) >= 11 is 0. The minimum absolute atomic E-state index is 0.0941. The van der Waals surface area contributed by atoms with Gasteiger partial charge in [0.25, 0.3) is 0 Å². The lowest BCUT2D eigenvalue weighted by Gasteiger charge is -2.59. The Morgan fingerprint density at radius 1 is 1.20 bits per heavy atom. The standard InChI is InChI=1S/C26H38N2O2/c1-5-28-15-18(16(2)27-28)12-17-13-23-21-7-6-19-14-20(29)8-10-25(19,3)22(21)9-11-26(23,4)24(17)30/h12,15,19-23,29H,5-11,13-14H2,1-4H3/b17-12-/t19-,20-,21-,22+,23+,25+,26+/m1/s1. The summed E-state index contributed by atoms with van der Waals surface area (Å²) < 4.78 is 1.96. The molecule has 4 saturated carbocycles. The van der Waals surface area contributed by atoms with E-state index in [0.717, 1.165) is 61.4 Å². The van der Waals surface area contributed by atoms with Gasteiger partial charge >= 0.3 is 0 Å². The van der Waals surface area contributed by atoms with E-state index in [9.17, 15) is 9.90 Å². The Kier molecular flexibility index (Phi) is 4.81. The summed E-state index contributed by atoms with van der Waals surface area (Å²) in [7, 11) is 0. The Morgan fingerprint density at radius 3 is 2.73 bits per heavy atom. The van der Waals surface area contributed by atoms with Crippen LogP contribution in [0.25, 0.3) is 6.08 Å². The first-order valence-corrected chi connectivity index (χ1v) is 12.2. The zero-order valence-electron chi connectivity index (χ0n) is 19.2. The molecule has 4 fully saturated rings. The Balaban J connectivity index is 1.45. The topological polar surface area (TPSA) is 55.1 Å². The number of hydrogen-bond acceptors (Lipinski definition) is 3. The fraction of sp³-hybridized carbons (Fsp3) is 0.769. The molecule has 4 nitrogen and oxygen atoms in total. The summed E-state index contributed by atoms with van der Waals surface area (Å²) in [4.78, 5) is 13.6. The van der Waals surface area contributed by atoms with Gasteiger partial charge in [-0.15, -0.1) is 0 Å². The first kappa shape index (κ1) is 20.5. The van der Waals surface area contributed by atoms with Gasteiger partial charge in [0.05, 0.1) is 11.8 Å². The molecule has 0 spiro atoms. The van der Waals surface area contributed by atoms with Gasteiger partial charge in [-0.1, -0.05) is 13.8 Å². The van der Waals surface area contributed by atoms with Gasteiger partial charge in [-0.2, -0.15) is 5.10 Å². The van der Waals surface area contributed by atoms with Gasteiger partial charge in [0.15, 0.2) is 5.78 Å². The molecular formula is C26H38N2O2. The fourth-order valence-corrected chi connectivity index (χ4v) is 8.06. The van der Waals surface area contributed by atoms with Gasteiger partial charge in [0, 0.05) is 23.7 Å². The summed E-state index contributed by atoms with van der Waals surface area (Å²) in [5.74, 6) is 2.94. The van der Waals surface area contributed by atoms with Crippen LogP contribution < -0.4 is 0 Å². The summed E-state index contributed by atoms with van der Waals surface area (Å²) in [6.45, 7) is 9.78. The molecular weight excluding hydrogens is 372 g/mol. The molecule has 0 aromatic carbocycles. The second-order valence-electron chi connectivity index (χ2n) is 11.3. The van der Waals surface area contributed by atoms with Crippen LogP contribution in [0.1, 0.15) is 83.4 Å². The lowest BCUT2D eigenvalue weighted by Crippen LogP contribution is -2.54. The third-order valence-electron chi connectivity index (χ3n) is 9.92. The van der Waals surface area contributed by atoms with Gasteiger partial charge in [-0.25, -0.2) is 0 Å². The Labute approximate surface area is 181 Å². The van der Waals surface area contributed by atoms with Crippen molar-refractivity contribution in [1.82, 2.24) is 9.78 Å². The maximum absolute atomic E-state index is 13.6. The SMILES string of the molecule is CCn1cc(/C=C2/C[C@H]3[C@@H]4CC[C@@H]5C[C@H](O)CC[C@]5(C)[C@H]4CC[C@]3(C)C2=O)c(C)n1. The predicted molar refractivity (Wildman–Crippen MR) is 119 cm³/mol. The second-order valence-corrected chi connectivity index (χ2v) is 11.3. The van der Waals surface area contributed by atoms with E-state index in [1.165, 1.54) is 19.3 Å². The average molecular weight is 411 g/mol. The van der Waals surface area contributed by atoms with Crippen molar-refractivity contribution in [2.75, 3.05) is 0 Å². The zero-order chi connectivity index (χ0) is 21.3. The monoisotopic (exact) mass is 410 g/mol. The van der Waals surface area contributed by atoms with Crippen LogP contribution in [0.3, 0.4) is 0 Å². The normalized spacial score (nSPS) is 44.6. The van der Waals surface area contributed by atoms with Crippen molar-refractivity contribution < 1.29 is 9.90 Å². The average Bonchev–Trinajstić information content (AvgIpc) is 3.20. The predicted octanol–water partition coefficient (Wildman–Crippen LogP) is 5.18. The summed E-state index contributed by atoms with van der Waals surface area (Å²) in [6.07, 6.45) is 12.9. The molecule has 0 saturated heterocycles. The van der Waals surface area contributed by atoms with E-state index in [1.807, 2.05) is 11.6 Å². The maximum atomic E-state index is 13.6. The number of fused-ring (bicyclic) bond motifs is 5. The lowest BCUT2D eigenvalue weighted by molar-refractivity contribution is -0.141. The van der Waals surface area contributed by atoms with E-state index in [4.69, 9.17) is 0 Å². The highest BCUT2D eigenvalue weighted by Gasteiger charge is 2.61. The largest absolute Gasteiger partial charge is 0.393 e. The van der Waals surface area contributed by atoms with E-state index in [0.29, 0.717) is 29.0 Å². The quantitative estimate of drug-likeness (QED) is 0.684. The molecule has 4 aliphatic rings. The highest BCUT2D eigenvalue weighted by atomic mass is 16.3. The third-order valence-corrected chi connectivity index (χ3v) is 9.92. The van der Waals surface area contributed by atoms with Crippen LogP contribution in [0, 0.1) is 41.4 Å². The lowest BCUT2D eigenvalue weighted by atomic mass is 9.45. The van der Waals surface area contributed by atoms with Crippen molar-refractivity contribution in [3.8, 4) is 0 Å². The molecule has 7 atom stereocenters. The van der Waals surface area contributed by atoms with E-state index in [1.54, 1.807) is 0 Å². The highest BCUT2D eigenvalue weighted by molar-refractivity contribution is 6.06. The highest BCUT2D eigenvalue weighted by Crippen LogP contribution is 2.66. The van der Waals surface area contributed by atoms with E-state index in [2.05, 4.69) is 38.1 Å². The summed E-state index contributed by atoms with van der Waals surface area (Å²) in [6, 6.07) is 0. The smallest absolute Gasteiger partial charge is 0.165 e. The minimum Gasteiger partial charge on any atom is -0.393 e. The van der Waals surface area contributed by atoms with Crippen molar-refractivity contribution in [1.29, 1.82) is 0 Å². The molecule has 164 valence electrons. The van der Waals surface area contributed by atoms with Crippen LogP contribution >= 0.6 is 0 Å². The number of ketones is 1. The number of aliphatic hydroxyl groups excluding tert-OH is 1. The minimum atomic E-state index is -0.182. The van der Waals surface area contributed by atoms with Crippen LogP contribution in [0.15, 0.2) is 11.8 Å². The van der Waals surface area contributed by atoms with Crippen LogP contribution in [0.5, 0.6) is 0 Å². The molecule has 0 bridgehead atoms. The number of aliphatic hydroxyl groups is 1. The molecule has 1 aromatic heterocycles. The van der Waals surface area contributed by atoms with Crippen LogP contribution in [0.2, 0.25) is 0 Å². The van der Waals surface area contributed by atoms with Gasteiger partial charge in [0.2, 0.25) is 0 Å². The van der Waals surface area contributed by atoms with Crippen molar-refractivity contribution in [2.45, 2.75) is 91.7 Å². The molecule has 4 heteroatoms. The number of carbonyl (C=O) groups is 1. The van der Waals surface area contributed by atoms with Gasteiger partial charge in [-0.05, 0) is 106 Å². The van der Waals surface area contributed by atoms with Crippen molar-refractivity contribution in [2.24, 2.45) is 34.5 Å².